The number of hydrogen-bond acceptors (Lipinski definition) is 6. The minimum atomic E-state index is -0.809. The third-order valence-electron chi connectivity index (χ3n) is 13.4. The summed E-state index contributed by atoms with van der Waals surface area (Å²) in [5, 5.41) is 0. The number of carbonyl (C=O) groups is 3. The van der Waals surface area contributed by atoms with E-state index in [1.165, 1.54) is 83.5 Å². The predicted molar refractivity (Wildman–Crippen MR) is 339 cm³/mol. The van der Waals surface area contributed by atoms with Gasteiger partial charge < -0.3 is 14.2 Å². The average Bonchev–Trinajstić information content (AvgIpc) is 3.44. The molecule has 0 rings (SSSR count). The maximum Gasteiger partial charge on any atom is 0.306 e. The molecule has 0 radical (unpaired) electrons. The van der Waals surface area contributed by atoms with Gasteiger partial charge in [-0.2, -0.15) is 0 Å². The number of allylic oxidation sites excluding steroid dienone is 22. The van der Waals surface area contributed by atoms with Gasteiger partial charge in [0.2, 0.25) is 0 Å². The van der Waals surface area contributed by atoms with Crippen LogP contribution in [-0.2, 0) is 28.6 Å². The second-order valence-corrected chi connectivity index (χ2v) is 20.9. The van der Waals surface area contributed by atoms with E-state index in [0.29, 0.717) is 19.3 Å². The van der Waals surface area contributed by atoms with E-state index in [-0.39, 0.29) is 31.1 Å². The SMILES string of the molecule is CC/C=C\C/C=C\C/C=C\C/C=C\C/C=C\C/C=C\CCCCCCC(=O)OCC(COC(=O)CCCCCCC/C=C\C/C=C\CCCCCC)OC(=O)CCCCCCCC/C=C\C/C=C\C/C=C\CCCCCCC. The molecule has 0 aromatic carbocycles. The minimum absolute atomic E-state index is 0.103. The molecular weight excluding hydrogens is 961 g/mol. The first-order valence-corrected chi connectivity index (χ1v) is 32.2. The summed E-state index contributed by atoms with van der Waals surface area (Å²) in [6.07, 6.45) is 91.6. The highest BCUT2D eigenvalue weighted by Crippen LogP contribution is 2.14. The van der Waals surface area contributed by atoms with Crippen molar-refractivity contribution in [3.63, 3.8) is 0 Å². The van der Waals surface area contributed by atoms with Gasteiger partial charge in [-0.15, -0.1) is 0 Å². The fourth-order valence-electron chi connectivity index (χ4n) is 8.54. The van der Waals surface area contributed by atoms with Crippen molar-refractivity contribution in [3.8, 4) is 0 Å². The number of unbranched alkanes of at least 4 members (excludes halogenated alkanes) is 24. The van der Waals surface area contributed by atoms with Crippen molar-refractivity contribution >= 4 is 17.9 Å². The second kappa shape index (κ2) is 65.1. The zero-order chi connectivity index (χ0) is 56.4. The van der Waals surface area contributed by atoms with Crippen LogP contribution in [0.3, 0.4) is 0 Å². The van der Waals surface area contributed by atoms with E-state index in [1.54, 1.807) is 0 Å². The van der Waals surface area contributed by atoms with Gasteiger partial charge in [-0.25, -0.2) is 0 Å². The molecule has 0 saturated heterocycles. The van der Waals surface area contributed by atoms with E-state index in [0.717, 1.165) is 161 Å². The molecule has 0 bridgehead atoms. The summed E-state index contributed by atoms with van der Waals surface area (Å²) < 4.78 is 16.9. The number of rotatable bonds is 57. The predicted octanol–water partition coefficient (Wildman–Crippen LogP) is 22.2. The Hall–Kier alpha value is -4.45. The Balaban J connectivity index is 4.50. The van der Waals surface area contributed by atoms with Gasteiger partial charge in [-0.3, -0.25) is 14.4 Å². The largest absolute Gasteiger partial charge is 0.462 e. The van der Waals surface area contributed by atoms with Crippen LogP contribution in [0, 0.1) is 0 Å². The number of esters is 3. The molecule has 0 spiro atoms. The molecule has 442 valence electrons. The standard InChI is InChI=1S/C72H118O6/c1-4-7-10-13-16-19-22-25-28-31-33-35-36-38-39-41-44-47-50-53-56-59-62-65-71(74)77-68-69(67-76-70(73)64-61-58-55-52-49-46-43-30-27-24-21-18-15-12-9-6-3)78-72(75)66-63-60-57-54-51-48-45-42-40-37-34-32-29-26-23-20-17-14-11-8-5-2/h7,10,16,19,21,23-26,28,30,32-35,38-40,42-44,47,69H,4-6,8-9,11-15,17-18,20,22,27,29,31,36-37,41,45-46,48-68H2,1-3H3/b10-7-,19-16-,24-21-,26-23-,28-25-,34-32-,35-33-,39-38-,42-40-,43-30-,47-44-. The molecule has 0 saturated carbocycles. The van der Waals surface area contributed by atoms with Gasteiger partial charge in [-0.05, 0) is 141 Å². The molecule has 6 nitrogen and oxygen atoms in total. The average molecular weight is 1080 g/mol. The topological polar surface area (TPSA) is 78.9 Å². The number of hydrogen-bond donors (Lipinski definition) is 0. The van der Waals surface area contributed by atoms with Gasteiger partial charge in [0, 0.05) is 19.3 Å². The molecule has 0 aromatic rings. The van der Waals surface area contributed by atoms with Crippen LogP contribution in [0.4, 0.5) is 0 Å². The molecule has 0 N–H and O–H groups in total. The van der Waals surface area contributed by atoms with Crippen LogP contribution in [0.25, 0.3) is 0 Å². The normalized spacial score (nSPS) is 13.0. The summed E-state index contributed by atoms with van der Waals surface area (Å²) in [5.41, 5.74) is 0. The number of ether oxygens (including phenoxy) is 3. The second-order valence-electron chi connectivity index (χ2n) is 20.9. The van der Waals surface area contributed by atoms with E-state index in [4.69, 9.17) is 14.2 Å². The van der Waals surface area contributed by atoms with Gasteiger partial charge in [0.05, 0.1) is 0 Å². The van der Waals surface area contributed by atoms with Crippen molar-refractivity contribution in [2.45, 2.75) is 290 Å². The van der Waals surface area contributed by atoms with Gasteiger partial charge >= 0.3 is 17.9 Å². The first kappa shape index (κ1) is 73.5. The molecule has 0 aliphatic carbocycles. The molecule has 1 unspecified atom stereocenters. The minimum Gasteiger partial charge on any atom is -0.462 e. The lowest BCUT2D eigenvalue weighted by Gasteiger charge is -2.18. The summed E-state index contributed by atoms with van der Waals surface area (Å²) in [4.78, 5) is 38.4. The van der Waals surface area contributed by atoms with Crippen LogP contribution in [0.1, 0.15) is 284 Å². The molecule has 0 aliphatic heterocycles. The molecule has 0 aliphatic rings. The third kappa shape index (κ3) is 62.4. The highest BCUT2D eigenvalue weighted by molar-refractivity contribution is 5.71. The van der Waals surface area contributed by atoms with E-state index in [1.807, 2.05) is 0 Å². The Morgan fingerprint density at radius 1 is 0.269 bits per heavy atom. The summed E-state index contributed by atoms with van der Waals surface area (Å²) in [5.74, 6) is -0.952. The molecule has 0 fully saturated rings. The highest BCUT2D eigenvalue weighted by atomic mass is 16.6. The molecule has 6 heteroatoms. The zero-order valence-corrected chi connectivity index (χ0v) is 50.6. The van der Waals surface area contributed by atoms with Crippen LogP contribution >= 0.6 is 0 Å². The molecule has 0 aromatic heterocycles. The Morgan fingerprint density at radius 2 is 0.500 bits per heavy atom. The van der Waals surface area contributed by atoms with E-state index >= 15 is 0 Å². The van der Waals surface area contributed by atoms with Crippen molar-refractivity contribution in [2.75, 3.05) is 13.2 Å². The first-order chi connectivity index (χ1) is 38.5. The lowest BCUT2D eigenvalue weighted by Crippen LogP contribution is -2.30. The maximum atomic E-state index is 12.9. The Bertz CT molecular complexity index is 1670. The highest BCUT2D eigenvalue weighted by Gasteiger charge is 2.19. The fourth-order valence-corrected chi connectivity index (χ4v) is 8.54. The van der Waals surface area contributed by atoms with Crippen molar-refractivity contribution in [1.82, 2.24) is 0 Å². The Labute approximate surface area is 481 Å². The zero-order valence-electron chi connectivity index (χ0n) is 50.6. The van der Waals surface area contributed by atoms with Crippen molar-refractivity contribution in [3.05, 3.63) is 134 Å². The van der Waals surface area contributed by atoms with Crippen LogP contribution in [0.2, 0.25) is 0 Å². The van der Waals surface area contributed by atoms with Crippen LogP contribution in [-0.4, -0.2) is 37.2 Å². The first-order valence-electron chi connectivity index (χ1n) is 32.2. The summed E-state index contributed by atoms with van der Waals surface area (Å²) in [6, 6.07) is 0. The van der Waals surface area contributed by atoms with E-state index in [2.05, 4.69) is 154 Å². The Morgan fingerprint density at radius 3 is 0.795 bits per heavy atom. The van der Waals surface area contributed by atoms with Gasteiger partial charge in [-0.1, -0.05) is 257 Å². The smallest absolute Gasteiger partial charge is 0.306 e. The molecule has 0 heterocycles. The molecule has 78 heavy (non-hydrogen) atoms. The lowest BCUT2D eigenvalue weighted by atomic mass is 10.1. The van der Waals surface area contributed by atoms with E-state index in [9.17, 15) is 14.4 Å². The summed E-state index contributed by atoms with van der Waals surface area (Å²) >= 11 is 0. The van der Waals surface area contributed by atoms with Crippen molar-refractivity contribution in [1.29, 1.82) is 0 Å². The monoisotopic (exact) mass is 1080 g/mol. The third-order valence-corrected chi connectivity index (χ3v) is 13.4. The molecular formula is C72H118O6. The van der Waals surface area contributed by atoms with Crippen LogP contribution in [0.15, 0.2) is 134 Å². The van der Waals surface area contributed by atoms with Crippen LogP contribution < -0.4 is 0 Å². The summed E-state index contributed by atoms with van der Waals surface area (Å²) in [6.45, 7) is 6.46. The van der Waals surface area contributed by atoms with Gasteiger partial charge in [0.1, 0.15) is 13.2 Å². The summed E-state index contributed by atoms with van der Waals surface area (Å²) in [7, 11) is 0. The number of carbonyl (C=O) groups excluding carboxylic acids is 3. The quantitative estimate of drug-likeness (QED) is 0.0261. The maximum absolute atomic E-state index is 12.9. The van der Waals surface area contributed by atoms with Gasteiger partial charge in [0.25, 0.3) is 0 Å². The lowest BCUT2D eigenvalue weighted by molar-refractivity contribution is -0.167. The van der Waals surface area contributed by atoms with Crippen molar-refractivity contribution in [2.24, 2.45) is 0 Å². The van der Waals surface area contributed by atoms with Crippen molar-refractivity contribution < 1.29 is 28.6 Å². The molecule has 1 atom stereocenters. The molecule has 0 amide bonds. The fraction of sp³-hybridized carbons (Fsp3) is 0.653. The Kier molecular flexibility index (Phi) is 61.4. The van der Waals surface area contributed by atoms with E-state index < -0.39 is 6.10 Å². The van der Waals surface area contributed by atoms with Gasteiger partial charge in [0.15, 0.2) is 6.10 Å². The van der Waals surface area contributed by atoms with Crippen LogP contribution in [0.5, 0.6) is 0 Å².